The van der Waals surface area contributed by atoms with E-state index in [0.29, 0.717) is 42.9 Å². The second-order valence-corrected chi connectivity index (χ2v) is 7.81. The lowest BCUT2D eigenvalue weighted by Gasteiger charge is -2.45. The predicted octanol–water partition coefficient (Wildman–Crippen LogP) is 4.47. The van der Waals surface area contributed by atoms with Crippen LogP contribution in [0.1, 0.15) is 34.6 Å². The molecule has 1 saturated heterocycles. The number of amides is 1. The number of benzene rings is 2. The molecule has 1 aromatic heterocycles. The number of aromatic nitrogens is 1. The van der Waals surface area contributed by atoms with Crippen molar-refractivity contribution in [2.24, 2.45) is 0 Å². The van der Waals surface area contributed by atoms with Crippen molar-refractivity contribution in [1.29, 1.82) is 5.26 Å². The molecule has 5 rings (SSSR count). The lowest BCUT2D eigenvalue weighted by Crippen LogP contribution is -2.50. The minimum absolute atomic E-state index is 0.0116. The Hall–Kier alpha value is -3.86. The first-order valence-corrected chi connectivity index (χ1v) is 10.3. The zero-order chi connectivity index (χ0) is 22.3. The quantitative estimate of drug-likeness (QED) is 0.609. The molecule has 3 heterocycles. The second kappa shape index (κ2) is 7.68. The molecule has 8 heteroatoms. The number of piperidine rings is 1. The van der Waals surface area contributed by atoms with Gasteiger partial charge in [0.05, 0.1) is 11.4 Å². The van der Waals surface area contributed by atoms with Crippen LogP contribution >= 0.6 is 0 Å². The number of nitriles is 1. The van der Waals surface area contributed by atoms with Crippen LogP contribution < -0.4 is 9.47 Å². The lowest BCUT2D eigenvalue weighted by molar-refractivity contribution is -0.0498. The zero-order valence-electron chi connectivity index (χ0n) is 17.0. The Morgan fingerprint density at radius 3 is 2.47 bits per heavy atom. The van der Waals surface area contributed by atoms with Gasteiger partial charge in [0.2, 0.25) is 0 Å². The van der Waals surface area contributed by atoms with E-state index in [4.69, 9.17) is 4.74 Å². The van der Waals surface area contributed by atoms with Crippen LogP contribution in [0.3, 0.4) is 0 Å². The van der Waals surface area contributed by atoms with Crippen LogP contribution in [0.25, 0.3) is 5.69 Å². The van der Waals surface area contributed by atoms with Gasteiger partial charge >= 0.3 is 6.61 Å². The molecule has 2 aromatic carbocycles. The van der Waals surface area contributed by atoms with Gasteiger partial charge in [-0.25, -0.2) is 0 Å². The summed E-state index contributed by atoms with van der Waals surface area (Å²) >= 11 is 0. The van der Waals surface area contributed by atoms with Gasteiger partial charge in [-0.15, -0.1) is 0 Å². The Morgan fingerprint density at radius 1 is 1.06 bits per heavy atom. The molecular weight excluding hydrogens is 416 g/mol. The lowest BCUT2D eigenvalue weighted by atomic mass is 9.86. The molecule has 0 N–H and O–H groups in total. The van der Waals surface area contributed by atoms with E-state index in [0.717, 1.165) is 11.4 Å². The molecule has 1 spiro atoms. The first-order valence-electron chi connectivity index (χ1n) is 10.3. The van der Waals surface area contributed by atoms with Crippen LogP contribution in [0, 0.1) is 11.3 Å². The molecule has 3 aromatic rings. The van der Waals surface area contributed by atoms with Gasteiger partial charge in [-0.2, -0.15) is 14.0 Å². The minimum atomic E-state index is -2.91. The van der Waals surface area contributed by atoms with Crippen LogP contribution in [-0.2, 0) is 5.60 Å². The molecule has 1 fully saturated rings. The number of fused-ring (bicyclic) bond motifs is 4. The molecule has 6 nitrogen and oxygen atoms in total. The molecule has 162 valence electrons. The zero-order valence-corrected chi connectivity index (χ0v) is 17.0. The van der Waals surface area contributed by atoms with Gasteiger partial charge in [0, 0.05) is 31.5 Å². The number of rotatable bonds is 3. The van der Waals surface area contributed by atoms with Crippen molar-refractivity contribution >= 4 is 5.91 Å². The summed E-state index contributed by atoms with van der Waals surface area (Å²) in [6, 6.07) is 19.3. The molecule has 32 heavy (non-hydrogen) atoms. The summed E-state index contributed by atoms with van der Waals surface area (Å²) in [5.74, 6) is 0.548. The van der Waals surface area contributed by atoms with Crippen molar-refractivity contribution in [3.05, 3.63) is 77.6 Å². The highest BCUT2D eigenvalue weighted by Crippen LogP contribution is 2.45. The van der Waals surface area contributed by atoms with E-state index in [1.165, 1.54) is 24.3 Å². The molecule has 0 atom stereocenters. The summed E-state index contributed by atoms with van der Waals surface area (Å²) in [7, 11) is 0. The smallest absolute Gasteiger partial charge is 0.387 e. The standard InChI is InChI=1S/C24H19F2N3O3/c25-23(26)31-18-8-5-16(6-9-18)22(30)28-13-11-24(12-14-28)21-10-7-17(15-27)29(21)19-3-1-2-4-20(19)32-24/h1-10,23H,11-14H2. The Morgan fingerprint density at radius 2 is 1.78 bits per heavy atom. The minimum Gasteiger partial charge on any atom is -0.479 e. The van der Waals surface area contributed by atoms with Crippen LogP contribution in [-0.4, -0.2) is 35.1 Å². The Balaban J connectivity index is 1.37. The molecule has 0 aliphatic carbocycles. The summed E-state index contributed by atoms with van der Waals surface area (Å²) in [5, 5.41) is 9.59. The number of hydrogen-bond donors (Lipinski definition) is 0. The fourth-order valence-corrected chi connectivity index (χ4v) is 4.52. The monoisotopic (exact) mass is 435 g/mol. The summed E-state index contributed by atoms with van der Waals surface area (Å²) in [4.78, 5) is 14.7. The molecule has 1 amide bonds. The van der Waals surface area contributed by atoms with Gasteiger partial charge in [0.1, 0.15) is 23.3 Å². The van der Waals surface area contributed by atoms with Crippen molar-refractivity contribution in [1.82, 2.24) is 9.47 Å². The van der Waals surface area contributed by atoms with Gasteiger partial charge in [-0.3, -0.25) is 9.36 Å². The molecular formula is C24H19F2N3O3. The van der Waals surface area contributed by atoms with Crippen molar-refractivity contribution in [3.8, 4) is 23.3 Å². The van der Waals surface area contributed by atoms with Gasteiger partial charge in [-0.05, 0) is 48.5 Å². The van der Waals surface area contributed by atoms with Crippen molar-refractivity contribution in [2.45, 2.75) is 25.1 Å². The van der Waals surface area contributed by atoms with Gasteiger partial charge < -0.3 is 14.4 Å². The number of ether oxygens (including phenoxy) is 2. The molecule has 2 aliphatic rings. The van der Waals surface area contributed by atoms with E-state index in [9.17, 15) is 18.8 Å². The van der Waals surface area contributed by atoms with Crippen molar-refractivity contribution in [2.75, 3.05) is 13.1 Å². The van der Waals surface area contributed by atoms with E-state index >= 15 is 0 Å². The van der Waals surface area contributed by atoms with E-state index in [-0.39, 0.29) is 11.7 Å². The maximum atomic E-state index is 12.9. The van der Waals surface area contributed by atoms with Crippen LogP contribution in [0.4, 0.5) is 8.78 Å². The first kappa shape index (κ1) is 20.1. The predicted molar refractivity (Wildman–Crippen MR) is 111 cm³/mol. The topological polar surface area (TPSA) is 67.5 Å². The van der Waals surface area contributed by atoms with Gasteiger partial charge in [0.25, 0.3) is 5.91 Å². The van der Waals surface area contributed by atoms with E-state index in [1.807, 2.05) is 34.9 Å². The molecule has 0 radical (unpaired) electrons. The average Bonchev–Trinajstić information content (AvgIpc) is 3.25. The molecule has 0 saturated carbocycles. The SMILES string of the molecule is N#Cc1ccc2n1-c1ccccc1OC21CCN(C(=O)c2ccc(OC(F)F)cc2)CC1. The summed E-state index contributed by atoms with van der Waals surface area (Å²) in [6.45, 7) is -1.98. The van der Waals surface area contributed by atoms with Crippen LogP contribution in [0.15, 0.2) is 60.7 Å². The number of carbonyl (C=O) groups excluding carboxylic acids is 1. The maximum absolute atomic E-state index is 12.9. The Labute approximate surface area is 183 Å². The summed E-state index contributed by atoms with van der Waals surface area (Å²) in [6.07, 6.45) is 1.13. The highest BCUT2D eigenvalue weighted by atomic mass is 19.3. The first-order chi connectivity index (χ1) is 15.5. The number of carbonyl (C=O) groups is 1. The van der Waals surface area contributed by atoms with Crippen LogP contribution in [0.5, 0.6) is 11.5 Å². The van der Waals surface area contributed by atoms with Crippen LogP contribution in [0.2, 0.25) is 0 Å². The highest BCUT2D eigenvalue weighted by molar-refractivity contribution is 5.94. The third-order valence-corrected chi connectivity index (χ3v) is 6.06. The third-order valence-electron chi connectivity index (χ3n) is 6.06. The van der Waals surface area contributed by atoms with Crippen molar-refractivity contribution in [3.63, 3.8) is 0 Å². The molecule has 0 unspecified atom stereocenters. The largest absolute Gasteiger partial charge is 0.479 e. The van der Waals surface area contributed by atoms with E-state index < -0.39 is 12.2 Å². The van der Waals surface area contributed by atoms with Gasteiger partial charge in [0.15, 0.2) is 5.60 Å². The number of likely N-dealkylation sites (tertiary alicyclic amines) is 1. The summed E-state index contributed by atoms with van der Waals surface area (Å²) in [5.41, 5.74) is 2.06. The summed E-state index contributed by atoms with van der Waals surface area (Å²) < 4.78 is 37.4. The molecule has 0 bridgehead atoms. The third kappa shape index (κ3) is 3.26. The number of para-hydroxylation sites is 2. The fourth-order valence-electron chi connectivity index (χ4n) is 4.52. The number of hydrogen-bond acceptors (Lipinski definition) is 4. The average molecular weight is 435 g/mol. The number of nitrogens with zero attached hydrogens (tertiary/aromatic N) is 3. The van der Waals surface area contributed by atoms with E-state index in [2.05, 4.69) is 10.8 Å². The fraction of sp³-hybridized carbons (Fsp3) is 0.250. The Bertz CT molecular complexity index is 1210. The maximum Gasteiger partial charge on any atom is 0.387 e. The van der Waals surface area contributed by atoms with E-state index in [1.54, 1.807) is 11.0 Å². The highest BCUT2D eigenvalue weighted by Gasteiger charge is 2.45. The molecule has 2 aliphatic heterocycles. The number of alkyl halides is 2. The normalized spacial score (nSPS) is 16.1. The van der Waals surface area contributed by atoms with Crippen molar-refractivity contribution < 1.29 is 23.0 Å². The second-order valence-electron chi connectivity index (χ2n) is 7.81. The Kier molecular flexibility index (Phi) is 4.82. The van der Waals surface area contributed by atoms with Gasteiger partial charge in [-0.1, -0.05) is 12.1 Å². The number of halogens is 2.